The molecule has 0 aromatic heterocycles. The number of carbonyl (C=O) groups is 3. The van der Waals surface area contributed by atoms with Gasteiger partial charge >= 0.3 is 47.5 Å². The summed E-state index contributed by atoms with van der Waals surface area (Å²) >= 11 is 0. The maximum Gasteiger partial charge on any atom is 1.00 e. The Morgan fingerprint density at radius 2 is 1.32 bits per heavy atom. The van der Waals surface area contributed by atoms with Crippen LogP contribution in [0.15, 0.2) is 24.3 Å². The third kappa shape index (κ3) is 19.8. The van der Waals surface area contributed by atoms with E-state index >= 15 is 0 Å². The topological polar surface area (TPSA) is 147 Å². The predicted octanol–water partition coefficient (Wildman–Crippen LogP) is 3.89. The molecule has 0 heterocycles. The number of carboxylic acid groups (broad SMARTS) is 1. The molecule has 44 heavy (non-hydrogen) atoms. The third-order valence-electron chi connectivity index (χ3n) is 7.49. The van der Waals surface area contributed by atoms with Crippen LogP contribution in [0.25, 0.3) is 0 Å². The van der Waals surface area contributed by atoms with E-state index < -0.39 is 45.6 Å². The summed E-state index contributed by atoms with van der Waals surface area (Å²) in [6, 6.07) is 7.87. The van der Waals surface area contributed by atoms with Crippen LogP contribution in [0.1, 0.15) is 123 Å². The molecule has 4 unspecified atom stereocenters. The average molecular weight is 651 g/mol. The van der Waals surface area contributed by atoms with Gasteiger partial charge in [0.05, 0.1) is 25.6 Å². The van der Waals surface area contributed by atoms with Crippen LogP contribution in [0.5, 0.6) is 0 Å². The summed E-state index contributed by atoms with van der Waals surface area (Å²) in [6.45, 7) is 14.3. The second-order valence-electron chi connectivity index (χ2n) is 11.7. The van der Waals surface area contributed by atoms with Crippen LogP contribution >= 0.6 is 0 Å². The first-order valence-corrected chi connectivity index (χ1v) is 17.2. The molecule has 0 saturated carbocycles. The SMILES string of the molecule is CC(C)Cc1ccc(C(C)C(=O)O)cc1.CCCCC(CC)COC(=O)CC(C(=O)OCC(CC)CCCC)S(=O)(=O)[O-].[Na+]. The molecule has 0 aliphatic rings. The van der Waals surface area contributed by atoms with E-state index in [1.54, 1.807) is 6.92 Å². The van der Waals surface area contributed by atoms with Gasteiger partial charge in [0.2, 0.25) is 0 Å². The Balaban J connectivity index is 0. The molecule has 0 fully saturated rings. The molecule has 0 spiro atoms. The number of esters is 2. The molecule has 11 heteroatoms. The van der Waals surface area contributed by atoms with Crippen molar-refractivity contribution >= 4 is 28.0 Å². The van der Waals surface area contributed by atoms with Gasteiger partial charge in [-0.2, -0.15) is 0 Å². The normalized spacial score (nSPS) is 13.8. The van der Waals surface area contributed by atoms with Gasteiger partial charge < -0.3 is 19.1 Å². The molecule has 0 aliphatic carbocycles. The molecular weight excluding hydrogens is 595 g/mol. The fraction of sp³-hybridized carbons (Fsp3) is 0.727. The Labute approximate surface area is 288 Å². The van der Waals surface area contributed by atoms with Crippen molar-refractivity contribution in [2.45, 2.75) is 124 Å². The van der Waals surface area contributed by atoms with Crippen molar-refractivity contribution in [3.63, 3.8) is 0 Å². The van der Waals surface area contributed by atoms with E-state index in [1.807, 2.05) is 38.1 Å². The van der Waals surface area contributed by atoms with E-state index in [0.717, 1.165) is 63.4 Å². The Hall–Kier alpha value is -1.46. The summed E-state index contributed by atoms with van der Waals surface area (Å²) in [5.41, 5.74) is 2.14. The van der Waals surface area contributed by atoms with Crippen LogP contribution < -0.4 is 29.6 Å². The van der Waals surface area contributed by atoms with Crippen LogP contribution in [-0.4, -0.2) is 54.4 Å². The van der Waals surface area contributed by atoms with Crippen molar-refractivity contribution in [3.8, 4) is 0 Å². The van der Waals surface area contributed by atoms with Gasteiger partial charge in [-0.05, 0) is 55.1 Å². The van der Waals surface area contributed by atoms with E-state index in [2.05, 4.69) is 27.7 Å². The minimum absolute atomic E-state index is 0. The van der Waals surface area contributed by atoms with Crippen LogP contribution in [0.4, 0.5) is 0 Å². The van der Waals surface area contributed by atoms with Crippen LogP contribution in [-0.2, 0) is 40.4 Å². The third-order valence-corrected chi connectivity index (χ3v) is 8.54. The smallest absolute Gasteiger partial charge is 0.747 e. The summed E-state index contributed by atoms with van der Waals surface area (Å²) in [6.07, 6.45) is 7.62. The maximum absolute atomic E-state index is 12.1. The molecule has 0 bridgehead atoms. The number of carboxylic acids is 1. The first kappa shape index (κ1) is 44.7. The van der Waals surface area contributed by atoms with Crippen molar-refractivity contribution in [3.05, 3.63) is 35.4 Å². The number of ether oxygens (including phenoxy) is 2. The summed E-state index contributed by atoms with van der Waals surface area (Å²) < 4.78 is 44.6. The molecule has 0 radical (unpaired) electrons. The van der Waals surface area contributed by atoms with Crippen molar-refractivity contribution in [2.75, 3.05) is 13.2 Å². The van der Waals surface area contributed by atoms with Crippen molar-refractivity contribution in [1.29, 1.82) is 0 Å². The number of unbranched alkanes of at least 4 members (excludes halogenated alkanes) is 2. The number of hydrogen-bond donors (Lipinski definition) is 1. The Morgan fingerprint density at radius 3 is 1.70 bits per heavy atom. The van der Waals surface area contributed by atoms with Crippen LogP contribution in [0, 0.1) is 17.8 Å². The molecule has 9 nitrogen and oxygen atoms in total. The Morgan fingerprint density at radius 1 is 0.841 bits per heavy atom. The zero-order chi connectivity index (χ0) is 33.0. The maximum atomic E-state index is 12.1. The molecule has 1 aromatic rings. The van der Waals surface area contributed by atoms with Crippen LogP contribution in [0.3, 0.4) is 0 Å². The molecule has 1 rings (SSSR count). The van der Waals surface area contributed by atoms with Gasteiger partial charge in [0, 0.05) is 0 Å². The summed E-state index contributed by atoms with van der Waals surface area (Å²) in [5.74, 6) is -2.30. The average Bonchev–Trinajstić information content (AvgIpc) is 2.95. The van der Waals surface area contributed by atoms with Crippen molar-refractivity contribution in [1.82, 2.24) is 0 Å². The first-order valence-electron chi connectivity index (χ1n) is 15.8. The van der Waals surface area contributed by atoms with Gasteiger partial charge in [0.1, 0.15) is 10.1 Å². The van der Waals surface area contributed by atoms with Crippen molar-refractivity contribution < 1.29 is 71.5 Å². The Kier molecular flexibility index (Phi) is 25.1. The molecule has 4 atom stereocenters. The van der Waals surface area contributed by atoms with Gasteiger partial charge in [-0.3, -0.25) is 14.4 Å². The number of benzene rings is 1. The van der Waals surface area contributed by atoms with Gasteiger partial charge in [0.25, 0.3) is 0 Å². The molecule has 248 valence electrons. The number of hydrogen-bond acceptors (Lipinski definition) is 8. The van der Waals surface area contributed by atoms with Crippen molar-refractivity contribution in [2.24, 2.45) is 17.8 Å². The van der Waals surface area contributed by atoms with Gasteiger partial charge in [-0.25, -0.2) is 8.42 Å². The monoisotopic (exact) mass is 650 g/mol. The van der Waals surface area contributed by atoms with E-state index in [1.165, 1.54) is 5.56 Å². The summed E-state index contributed by atoms with van der Waals surface area (Å²) in [4.78, 5) is 34.9. The van der Waals surface area contributed by atoms with E-state index in [9.17, 15) is 27.4 Å². The predicted molar refractivity (Wildman–Crippen MR) is 168 cm³/mol. The van der Waals surface area contributed by atoms with Crippen LogP contribution in [0.2, 0.25) is 0 Å². The van der Waals surface area contributed by atoms with Gasteiger partial charge in [-0.1, -0.05) is 104 Å². The molecule has 0 saturated heterocycles. The second-order valence-corrected chi connectivity index (χ2v) is 13.3. The largest absolute Gasteiger partial charge is 1.00 e. The fourth-order valence-corrected chi connectivity index (χ4v) is 5.01. The zero-order valence-corrected chi connectivity index (χ0v) is 31.1. The second kappa shape index (κ2) is 24.7. The molecule has 1 N–H and O–H groups in total. The minimum Gasteiger partial charge on any atom is -0.747 e. The van der Waals surface area contributed by atoms with E-state index in [-0.39, 0.29) is 54.6 Å². The standard InChI is InChI=1S/C20H38O7S.C13H18O2.Na/c1-5-9-11-16(7-3)14-26-19(21)13-18(28(23,24)25)20(22)27-15-17(8-4)12-10-6-2;1-9(2)8-11-4-6-12(7-5-11)10(3)13(14)15;/h16-18H,5-15H2,1-4H3,(H,23,24,25);4-7,9-10H,8H2,1-3H3,(H,14,15);/q;;+1/p-1. The first-order chi connectivity index (χ1) is 20.2. The van der Waals surface area contributed by atoms with Gasteiger partial charge in [0.15, 0.2) is 5.25 Å². The zero-order valence-electron chi connectivity index (χ0n) is 28.3. The Bertz CT molecular complexity index is 1040. The molecule has 1 aromatic carbocycles. The summed E-state index contributed by atoms with van der Waals surface area (Å²) in [7, 11) is -5.01. The molecule has 0 aliphatic heterocycles. The molecular formula is C33H55NaO9S. The number of aliphatic carboxylic acids is 1. The molecule has 0 amide bonds. The van der Waals surface area contributed by atoms with E-state index in [4.69, 9.17) is 14.6 Å². The van der Waals surface area contributed by atoms with Gasteiger partial charge in [-0.15, -0.1) is 0 Å². The fourth-order valence-electron chi connectivity index (χ4n) is 4.37. The van der Waals surface area contributed by atoms with E-state index in [0.29, 0.717) is 5.92 Å². The quantitative estimate of drug-likeness (QED) is 0.126. The minimum atomic E-state index is -5.01. The number of carbonyl (C=O) groups excluding carboxylic acids is 2. The number of rotatable bonds is 20. The summed E-state index contributed by atoms with van der Waals surface area (Å²) in [5, 5.41) is 6.79.